The molecule has 18 heavy (non-hydrogen) atoms. The molecule has 0 unspecified atom stereocenters. The van der Waals surface area contributed by atoms with Crippen LogP contribution in [0.4, 0.5) is 5.69 Å². The maximum Gasteiger partial charge on any atom is 0.355 e. The van der Waals surface area contributed by atoms with Gasteiger partial charge in [-0.15, -0.1) is 0 Å². The fraction of sp³-hybridized carbons (Fsp3) is 0.500. The van der Waals surface area contributed by atoms with Crippen LogP contribution in [-0.2, 0) is 16.6 Å². The number of aromatic nitrogens is 1. The summed E-state index contributed by atoms with van der Waals surface area (Å²) in [6.45, 7) is 1.31. The molecule has 0 atom stereocenters. The second kappa shape index (κ2) is 5.12. The number of rotatable bonds is 3. The van der Waals surface area contributed by atoms with Gasteiger partial charge in [-0.1, -0.05) is 0 Å². The number of amides is 1. The second-order valence-corrected chi connectivity index (χ2v) is 4.43. The number of carbonyl (C=O) groups excluding carboxylic acids is 2. The fourth-order valence-corrected chi connectivity index (χ4v) is 2.05. The lowest BCUT2D eigenvalue weighted by Gasteiger charge is -2.14. The van der Waals surface area contributed by atoms with Crippen molar-refractivity contribution < 1.29 is 14.3 Å². The molecule has 2 N–H and O–H groups in total. The SMILES string of the molecule is Cn1cc(N)cc1C(=O)OCC(=O)N1CCCC1. The highest BCUT2D eigenvalue weighted by Crippen LogP contribution is 2.11. The van der Waals surface area contributed by atoms with Crippen LogP contribution in [0.5, 0.6) is 0 Å². The number of anilines is 1. The highest BCUT2D eigenvalue weighted by molar-refractivity contribution is 5.91. The van der Waals surface area contributed by atoms with Crippen LogP contribution in [0, 0.1) is 0 Å². The molecular formula is C12H17N3O3. The number of aryl methyl sites for hydroxylation is 1. The summed E-state index contributed by atoms with van der Waals surface area (Å²) in [6.07, 6.45) is 3.67. The molecule has 0 aromatic carbocycles. The van der Waals surface area contributed by atoms with Crippen LogP contribution in [0.2, 0.25) is 0 Å². The van der Waals surface area contributed by atoms with E-state index in [1.807, 2.05) is 0 Å². The number of likely N-dealkylation sites (tertiary alicyclic amines) is 1. The summed E-state index contributed by atoms with van der Waals surface area (Å²) < 4.78 is 6.57. The Kier molecular flexibility index (Phi) is 3.55. The number of ether oxygens (including phenoxy) is 1. The lowest BCUT2D eigenvalue weighted by atomic mass is 10.4. The smallest absolute Gasteiger partial charge is 0.355 e. The first-order chi connectivity index (χ1) is 8.58. The molecule has 0 bridgehead atoms. The Morgan fingerprint density at radius 1 is 1.39 bits per heavy atom. The van der Waals surface area contributed by atoms with Crippen molar-refractivity contribution in [3.63, 3.8) is 0 Å². The third-order valence-electron chi connectivity index (χ3n) is 3.02. The second-order valence-electron chi connectivity index (χ2n) is 4.43. The summed E-state index contributed by atoms with van der Waals surface area (Å²) in [5, 5.41) is 0. The average Bonchev–Trinajstić information content (AvgIpc) is 2.95. The fourth-order valence-electron chi connectivity index (χ4n) is 2.05. The molecular weight excluding hydrogens is 234 g/mol. The van der Waals surface area contributed by atoms with Gasteiger partial charge < -0.3 is 19.9 Å². The van der Waals surface area contributed by atoms with Crippen molar-refractivity contribution in [2.45, 2.75) is 12.8 Å². The standard InChI is InChI=1S/C12H17N3O3/c1-14-7-9(13)6-10(14)12(17)18-8-11(16)15-4-2-3-5-15/h6-7H,2-5,8,13H2,1H3. The van der Waals surface area contributed by atoms with E-state index in [0.717, 1.165) is 25.9 Å². The first-order valence-corrected chi connectivity index (χ1v) is 5.94. The molecule has 1 aliphatic heterocycles. The Bertz CT molecular complexity index is 461. The largest absolute Gasteiger partial charge is 0.451 e. The number of nitrogens with zero attached hydrogens (tertiary/aromatic N) is 2. The Morgan fingerprint density at radius 3 is 2.61 bits per heavy atom. The third kappa shape index (κ3) is 2.64. The van der Waals surface area contributed by atoms with Crippen LogP contribution in [0.15, 0.2) is 12.3 Å². The molecule has 0 radical (unpaired) electrons. The highest BCUT2D eigenvalue weighted by Gasteiger charge is 2.20. The topological polar surface area (TPSA) is 77.6 Å². The molecule has 1 aromatic rings. The summed E-state index contributed by atoms with van der Waals surface area (Å²) >= 11 is 0. The maximum absolute atomic E-state index is 11.7. The van der Waals surface area contributed by atoms with E-state index < -0.39 is 5.97 Å². The molecule has 1 aliphatic rings. The lowest BCUT2D eigenvalue weighted by molar-refractivity contribution is -0.133. The van der Waals surface area contributed by atoms with Gasteiger partial charge in [-0.05, 0) is 18.9 Å². The van der Waals surface area contributed by atoms with Crippen molar-refractivity contribution in [3.05, 3.63) is 18.0 Å². The van der Waals surface area contributed by atoms with Crippen LogP contribution >= 0.6 is 0 Å². The Hall–Kier alpha value is -1.98. The molecule has 1 aromatic heterocycles. The van der Waals surface area contributed by atoms with Crippen LogP contribution in [0.3, 0.4) is 0 Å². The van der Waals surface area contributed by atoms with Gasteiger partial charge in [0.25, 0.3) is 5.91 Å². The van der Waals surface area contributed by atoms with Gasteiger partial charge in [0.15, 0.2) is 6.61 Å². The van der Waals surface area contributed by atoms with Gasteiger partial charge in [0.2, 0.25) is 0 Å². The van der Waals surface area contributed by atoms with Gasteiger partial charge in [0.05, 0.1) is 5.69 Å². The first kappa shape index (κ1) is 12.5. The van der Waals surface area contributed by atoms with Gasteiger partial charge in [0.1, 0.15) is 5.69 Å². The van der Waals surface area contributed by atoms with Gasteiger partial charge in [0, 0.05) is 26.3 Å². The monoisotopic (exact) mass is 251 g/mol. The van der Waals surface area contributed by atoms with E-state index in [4.69, 9.17) is 10.5 Å². The molecule has 0 saturated carbocycles. The van der Waals surface area contributed by atoms with Gasteiger partial charge >= 0.3 is 5.97 Å². The van der Waals surface area contributed by atoms with Crippen LogP contribution in [0.1, 0.15) is 23.3 Å². The molecule has 6 nitrogen and oxygen atoms in total. The van der Waals surface area contributed by atoms with Crippen LogP contribution in [0.25, 0.3) is 0 Å². The van der Waals surface area contributed by atoms with E-state index in [1.54, 1.807) is 22.7 Å². The Labute approximate surface area is 105 Å². The highest BCUT2D eigenvalue weighted by atomic mass is 16.5. The molecule has 98 valence electrons. The molecule has 2 rings (SSSR count). The summed E-state index contributed by atoms with van der Waals surface area (Å²) in [5.74, 6) is -0.662. The lowest BCUT2D eigenvalue weighted by Crippen LogP contribution is -2.32. The quantitative estimate of drug-likeness (QED) is 0.788. The number of nitrogen functional groups attached to an aromatic ring is 1. The molecule has 0 spiro atoms. The van der Waals surface area contributed by atoms with Crippen molar-refractivity contribution in [3.8, 4) is 0 Å². The molecule has 0 aliphatic carbocycles. The van der Waals surface area contributed by atoms with Gasteiger partial charge in [-0.2, -0.15) is 0 Å². The van der Waals surface area contributed by atoms with Crippen molar-refractivity contribution in [1.29, 1.82) is 0 Å². The van der Waals surface area contributed by atoms with E-state index >= 15 is 0 Å². The van der Waals surface area contributed by atoms with E-state index in [2.05, 4.69) is 0 Å². The summed E-state index contributed by atoms with van der Waals surface area (Å²) in [6, 6.07) is 1.53. The van der Waals surface area contributed by atoms with E-state index in [1.165, 1.54) is 6.07 Å². The summed E-state index contributed by atoms with van der Waals surface area (Å²) in [4.78, 5) is 25.1. The average molecular weight is 251 g/mol. The number of esters is 1. The first-order valence-electron chi connectivity index (χ1n) is 5.94. The molecule has 1 fully saturated rings. The minimum absolute atomic E-state index is 0.136. The maximum atomic E-state index is 11.7. The van der Waals surface area contributed by atoms with Crippen molar-refractivity contribution in [1.82, 2.24) is 9.47 Å². The molecule has 6 heteroatoms. The molecule has 1 saturated heterocycles. The van der Waals surface area contributed by atoms with Crippen molar-refractivity contribution in [2.24, 2.45) is 7.05 Å². The normalized spacial score (nSPS) is 14.8. The molecule has 1 amide bonds. The zero-order valence-electron chi connectivity index (χ0n) is 10.4. The van der Waals surface area contributed by atoms with Crippen LogP contribution in [-0.4, -0.2) is 41.0 Å². The number of nitrogens with two attached hydrogens (primary N) is 1. The summed E-state index contributed by atoms with van der Waals surface area (Å²) in [5.41, 5.74) is 6.41. The van der Waals surface area contributed by atoms with Crippen molar-refractivity contribution in [2.75, 3.05) is 25.4 Å². The Morgan fingerprint density at radius 2 is 2.06 bits per heavy atom. The number of hydrogen-bond donors (Lipinski definition) is 1. The predicted octanol–water partition coefficient (Wildman–Crippen LogP) is 0.386. The van der Waals surface area contributed by atoms with Gasteiger partial charge in [-0.25, -0.2) is 4.79 Å². The summed E-state index contributed by atoms with van der Waals surface area (Å²) in [7, 11) is 1.70. The van der Waals surface area contributed by atoms with E-state index in [9.17, 15) is 9.59 Å². The van der Waals surface area contributed by atoms with E-state index in [-0.39, 0.29) is 12.5 Å². The number of carbonyl (C=O) groups is 2. The van der Waals surface area contributed by atoms with Gasteiger partial charge in [-0.3, -0.25) is 4.79 Å². The minimum atomic E-state index is -0.526. The number of hydrogen-bond acceptors (Lipinski definition) is 4. The minimum Gasteiger partial charge on any atom is -0.451 e. The zero-order chi connectivity index (χ0) is 13.1. The third-order valence-corrected chi connectivity index (χ3v) is 3.02. The molecule has 2 heterocycles. The zero-order valence-corrected chi connectivity index (χ0v) is 10.4. The van der Waals surface area contributed by atoms with Crippen molar-refractivity contribution >= 4 is 17.6 Å². The van der Waals surface area contributed by atoms with E-state index in [0.29, 0.717) is 11.4 Å². The Balaban J connectivity index is 1.88. The van der Waals surface area contributed by atoms with Crippen LogP contribution < -0.4 is 5.73 Å². The predicted molar refractivity (Wildman–Crippen MR) is 65.9 cm³/mol.